The molecule has 6 nitrogen and oxygen atoms in total. The summed E-state index contributed by atoms with van der Waals surface area (Å²) < 4.78 is 11.1. The normalized spacial score (nSPS) is 12.3. The van der Waals surface area contributed by atoms with Crippen molar-refractivity contribution in [1.29, 1.82) is 0 Å². The predicted octanol–water partition coefficient (Wildman–Crippen LogP) is 4.43. The Kier molecular flexibility index (Phi) is 5.30. The molecule has 1 amide bonds. The molecule has 0 radical (unpaired) electrons. The van der Waals surface area contributed by atoms with E-state index in [0.29, 0.717) is 35.5 Å². The number of anilines is 3. The van der Waals surface area contributed by atoms with Crippen LogP contribution in [-0.2, 0) is 11.2 Å². The zero-order chi connectivity index (χ0) is 19.3. The summed E-state index contributed by atoms with van der Waals surface area (Å²) in [6.45, 7) is 1.10. The first kappa shape index (κ1) is 18.1. The van der Waals surface area contributed by atoms with Crippen molar-refractivity contribution in [2.24, 2.45) is 0 Å². The standard InChI is InChI=1S/C21H18ClN3O3/c22-15-3-1-14(2-4-15)11-21(26)25-17-6-8-20(23-13-17)24-16-5-7-18-19(12-16)28-10-9-27-18/h1-8,12-13H,9-11H2,(H,23,24)(H,25,26). The Morgan fingerprint density at radius 2 is 1.71 bits per heavy atom. The van der Waals surface area contributed by atoms with Crippen molar-refractivity contribution in [2.75, 3.05) is 23.8 Å². The van der Waals surface area contributed by atoms with Crippen molar-refractivity contribution in [2.45, 2.75) is 6.42 Å². The molecule has 3 aromatic rings. The number of fused-ring (bicyclic) bond motifs is 1. The number of aromatic nitrogens is 1. The third kappa shape index (κ3) is 4.53. The van der Waals surface area contributed by atoms with Crippen LogP contribution >= 0.6 is 11.6 Å². The Labute approximate surface area is 167 Å². The minimum Gasteiger partial charge on any atom is -0.486 e. The number of carbonyl (C=O) groups excluding carboxylic acids is 1. The van der Waals surface area contributed by atoms with Crippen molar-refractivity contribution in [1.82, 2.24) is 4.98 Å². The number of amides is 1. The number of rotatable bonds is 5. The minimum absolute atomic E-state index is 0.114. The number of benzene rings is 2. The van der Waals surface area contributed by atoms with Crippen LogP contribution in [0.1, 0.15) is 5.56 Å². The largest absolute Gasteiger partial charge is 0.486 e. The Balaban J connectivity index is 1.35. The molecule has 7 heteroatoms. The zero-order valence-electron chi connectivity index (χ0n) is 14.9. The average molecular weight is 396 g/mol. The number of carbonyl (C=O) groups is 1. The molecule has 2 heterocycles. The van der Waals surface area contributed by atoms with Crippen molar-refractivity contribution >= 4 is 34.7 Å². The first-order chi connectivity index (χ1) is 13.7. The SMILES string of the molecule is O=C(Cc1ccc(Cl)cc1)Nc1ccc(Nc2ccc3c(c2)OCCO3)nc1. The maximum atomic E-state index is 12.2. The van der Waals surface area contributed by atoms with Crippen molar-refractivity contribution in [3.8, 4) is 11.5 Å². The first-order valence-corrected chi connectivity index (χ1v) is 9.20. The van der Waals surface area contributed by atoms with Gasteiger partial charge in [-0.15, -0.1) is 0 Å². The fraction of sp³-hybridized carbons (Fsp3) is 0.143. The van der Waals surface area contributed by atoms with Gasteiger partial charge in [-0.3, -0.25) is 4.79 Å². The van der Waals surface area contributed by atoms with Crippen LogP contribution in [0.25, 0.3) is 0 Å². The van der Waals surface area contributed by atoms with Crippen LogP contribution in [0.3, 0.4) is 0 Å². The van der Waals surface area contributed by atoms with Crippen molar-refractivity contribution in [3.05, 3.63) is 71.4 Å². The molecule has 0 atom stereocenters. The van der Waals surface area contributed by atoms with Gasteiger partial charge in [0, 0.05) is 16.8 Å². The van der Waals surface area contributed by atoms with E-state index >= 15 is 0 Å². The second-order valence-corrected chi connectivity index (χ2v) is 6.70. The fourth-order valence-electron chi connectivity index (χ4n) is 2.80. The van der Waals surface area contributed by atoms with Crippen LogP contribution in [0.4, 0.5) is 17.2 Å². The summed E-state index contributed by atoms with van der Waals surface area (Å²) in [5.41, 5.74) is 2.37. The van der Waals surface area contributed by atoms with E-state index in [9.17, 15) is 4.79 Å². The van der Waals surface area contributed by atoms with Crippen LogP contribution in [0.15, 0.2) is 60.8 Å². The van der Waals surface area contributed by atoms with Gasteiger partial charge < -0.3 is 20.1 Å². The lowest BCUT2D eigenvalue weighted by Crippen LogP contribution is -2.15. The molecule has 0 spiro atoms. The molecule has 1 aliphatic rings. The Bertz CT molecular complexity index is 975. The second-order valence-electron chi connectivity index (χ2n) is 6.27. The number of nitrogens with zero attached hydrogens (tertiary/aromatic N) is 1. The summed E-state index contributed by atoms with van der Waals surface area (Å²) in [7, 11) is 0. The maximum absolute atomic E-state index is 12.2. The zero-order valence-corrected chi connectivity index (χ0v) is 15.7. The van der Waals surface area contributed by atoms with Crippen molar-refractivity contribution < 1.29 is 14.3 Å². The van der Waals surface area contributed by atoms with Gasteiger partial charge in [-0.05, 0) is 42.0 Å². The topological polar surface area (TPSA) is 72.5 Å². The highest BCUT2D eigenvalue weighted by Gasteiger charge is 2.12. The van der Waals surface area contributed by atoms with Gasteiger partial charge in [0.15, 0.2) is 11.5 Å². The highest BCUT2D eigenvalue weighted by Crippen LogP contribution is 2.33. The van der Waals surface area contributed by atoms with Crippen LogP contribution in [0, 0.1) is 0 Å². The lowest BCUT2D eigenvalue weighted by molar-refractivity contribution is -0.115. The maximum Gasteiger partial charge on any atom is 0.228 e. The molecule has 28 heavy (non-hydrogen) atoms. The molecule has 4 rings (SSSR count). The number of nitrogens with one attached hydrogen (secondary N) is 2. The molecule has 0 fully saturated rings. The Morgan fingerprint density at radius 1 is 0.964 bits per heavy atom. The molecule has 0 unspecified atom stereocenters. The predicted molar refractivity (Wildman–Crippen MR) is 109 cm³/mol. The molecule has 0 saturated heterocycles. The molecule has 0 aliphatic carbocycles. The minimum atomic E-state index is -0.114. The highest BCUT2D eigenvalue weighted by molar-refractivity contribution is 6.30. The van der Waals surface area contributed by atoms with Crippen LogP contribution in [0.5, 0.6) is 11.5 Å². The molecule has 2 N–H and O–H groups in total. The molecule has 142 valence electrons. The van der Waals surface area contributed by atoms with E-state index in [2.05, 4.69) is 15.6 Å². The van der Waals surface area contributed by atoms with Crippen LogP contribution < -0.4 is 20.1 Å². The van der Waals surface area contributed by atoms with E-state index < -0.39 is 0 Å². The smallest absolute Gasteiger partial charge is 0.228 e. The van der Waals surface area contributed by atoms with Gasteiger partial charge >= 0.3 is 0 Å². The van der Waals surface area contributed by atoms with Gasteiger partial charge in [-0.1, -0.05) is 23.7 Å². The molecule has 1 aliphatic heterocycles. The van der Waals surface area contributed by atoms with E-state index in [1.807, 2.05) is 30.3 Å². The molecule has 0 bridgehead atoms. The van der Waals surface area contributed by atoms with Gasteiger partial charge in [-0.25, -0.2) is 4.98 Å². The van der Waals surface area contributed by atoms with E-state index in [0.717, 1.165) is 17.0 Å². The van der Waals surface area contributed by atoms with Crippen molar-refractivity contribution in [3.63, 3.8) is 0 Å². The number of halogens is 1. The summed E-state index contributed by atoms with van der Waals surface area (Å²) >= 11 is 5.86. The molecule has 2 aromatic carbocycles. The van der Waals surface area contributed by atoms with Crippen LogP contribution in [0.2, 0.25) is 5.02 Å². The van der Waals surface area contributed by atoms with E-state index in [4.69, 9.17) is 21.1 Å². The number of ether oxygens (including phenoxy) is 2. The lowest BCUT2D eigenvalue weighted by Gasteiger charge is -2.19. The molecule has 0 saturated carbocycles. The summed E-state index contributed by atoms with van der Waals surface area (Å²) in [6.07, 6.45) is 1.88. The monoisotopic (exact) mass is 395 g/mol. The Hall–Kier alpha value is -3.25. The Morgan fingerprint density at radius 3 is 2.46 bits per heavy atom. The molecular formula is C21H18ClN3O3. The molecular weight excluding hydrogens is 378 g/mol. The fourth-order valence-corrected chi connectivity index (χ4v) is 2.93. The summed E-state index contributed by atoms with van der Waals surface area (Å²) in [5.74, 6) is 2.00. The summed E-state index contributed by atoms with van der Waals surface area (Å²) in [6, 6.07) is 16.4. The lowest BCUT2D eigenvalue weighted by atomic mass is 10.1. The first-order valence-electron chi connectivity index (χ1n) is 8.83. The second kappa shape index (κ2) is 8.19. The quantitative estimate of drug-likeness (QED) is 0.668. The van der Waals surface area contributed by atoms with Crippen LogP contribution in [-0.4, -0.2) is 24.1 Å². The summed E-state index contributed by atoms with van der Waals surface area (Å²) in [5, 5.41) is 6.69. The van der Waals surface area contributed by atoms with E-state index in [-0.39, 0.29) is 12.3 Å². The number of hydrogen-bond donors (Lipinski definition) is 2. The van der Waals surface area contributed by atoms with E-state index in [1.165, 1.54) is 0 Å². The van der Waals surface area contributed by atoms with Gasteiger partial charge in [-0.2, -0.15) is 0 Å². The third-order valence-electron chi connectivity index (χ3n) is 4.14. The van der Waals surface area contributed by atoms with Gasteiger partial charge in [0.05, 0.1) is 18.3 Å². The molecule has 1 aromatic heterocycles. The third-order valence-corrected chi connectivity index (χ3v) is 4.39. The van der Waals surface area contributed by atoms with Gasteiger partial charge in [0.1, 0.15) is 19.0 Å². The number of hydrogen-bond acceptors (Lipinski definition) is 5. The van der Waals surface area contributed by atoms with Gasteiger partial charge in [0.2, 0.25) is 5.91 Å². The summed E-state index contributed by atoms with van der Waals surface area (Å²) in [4.78, 5) is 16.5. The van der Waals surface area contributed by atoms with E-state index in [1.54, 1.807) is 30.5 Å². The number of pyridine rings is 1. The highest BCUT2D eigenvalue weighted by atomic mass is 35.5. The average Bonchev–Trinajstić information content (AvgIpc) is 2.71. The van der Waals surface area contributed by atoms with Gasteiger partial charge in [0.25, 0.3) is 0 Å².